The van der Waals surface area contributed by atoms with Gasteiger partial charge in [-0.05, 0) is 29.7 Å². The van der Waals surface area contributed by atoms with E-state index >= 15 is 0 Å². The molecule has 6 heteroatoms. The molecule has 5 nitrogen and oxygen atoms in total. The van der Waals surface area contributed by atoms with Crippen LogP contribution in [-0.2, 0) is 12.2 Å². The average Bonchev–Trinajstić information content (AvgIpc) is 2.72. The number of benzene rings is 2. The lowest BCUT2D eigenvalue weighted by Gasteiger charge is -2.14. The Hall–Kier alpha value is -2.99. The van der Waals surface area contributed by atoms with E-state index in [1.165, 1.54) is 17.3 Å². The number of nitrogens with two attached hydrogens (primary N) is 1. The van der Waals surface area contributed by atoms with Gasteiger partial charge in [0.1, 0.15) is 6.61 Å². The predicted molar refractivity (Wildman–Crippen MR) is 120 cm³/mol. The number of hydrogen-bond acceptors (Lipinski definition) is 5. The molecule has 0 unspecified atom stereocenters. The third-order valence-electron chi connectivity index (χ3n) is 3.68. The second-order valence-corrected chi connectivity index (χ2v) is 6.76. The number of rotatable bonds is 10. The van der Waals surface area contributed by atoms with Crippen LogP contribution in [0.3, 0.4) is 0 Å². The summed E-state index contributed by atoms with van der Waals surface area (Å²) in [5, 5.41) is 8.57. The number of allylic oxidation sites excluding steroid dienone is 1. The third-order valence-corrected chi connectivity index (χ3v) is 4.53. The zero-order valence-electron chi connectivity index (χ0n) is 16.0. The predicted octanol–water partition coefficient (Wildman–Crippen LogP) is 4.57. The summed E-state index contributed by atoms with van der Waals surface area (Å²) in [5.74, 6) is 2.05. The van der Waals surface area contributed by atoms with Crippen molar-refractivity contribution in [2.24, 2.45) is 15.9 Å². The molecular weight excluding hydrogens is 370 g/mol. The molecule has 0 atom stereocenters. The van der Waals surface area contributed by atoms with Crippen LogP contribution in [0.1, 0.15) is 16.7 Å². The van der Waals surface area contributed by atoms with E-state index in [2.05, 4.69) is 23.4 Å². The molecule has 2 rings (SSSR count). The molecule has 0 fully saturated rings. The molecule has 28 heavy (non-hydrogen) atoms. The molecule has 0 aromatic heterocycles. The number of ether oxygens (including phenoxy) is 2. The molecule has 0 heterocycles. The zero-order valence-corrected chi connectivity index (χ0v) is 16.8. The van der Waals surface area contributed by atoms with E-state index in [4.69, 9.17) is 15.2 Å². The van der Waals surface area contributed by atoms with E-state index in [9.17, 15) is 0 Å². The van der Waals surface area contributed by atoms with Crippen LogP contribution in [0, 0.1) is 0 Å². The Bertz CT molecular complexity index is 848. The van der Waals surface area contributed by atoms with Gasteiger partial charge < -0.3 is 15.2 Å². The van der Waals surface area contributed by atoms with Crippen molar-refractivity contribution in [3.63, 3.8) is 0 Å². The molecule has 0 saturated carbocycles. The maximum atomic E-state index is 5.93. The Kier molecular flexibility index (Phi) is 8.88. The quantitative estimate of drug-likeness (QED) is 0.277. The summed E-state index contributed by atoms with van der Waals surface area (Å²) in [6.07, 6.45) is 5.79. The molecule has 0 amide bonds. The van der Waals surface area contributed by atoms with Gasteiger partial charge in [0.25, 0.3) is 0 Å². The summed E-state index contributed by atoms with van der Waals surface area (Å²) >= 11 is 1.44. The van der Waals surface area contributed by atoms with Crippen LogP contribution in [0.4, 0.5) is 0 Å². The Morgan fingerprint density at radius 2 is 1.96 bits per heavy atom. The van der Waals surface area contributed by atoms with Crippen molar-refractivity contribution >= 4 is 23.1 Å². The van der Waals surface area contributed by atoms with Gasteiger partial charge in [-0.1, -0.05) is 60.8 Å². The molecule has 0 aliphatic heterocycles. The second-order valence-electron chi connectivity index (χ2n) is 5.76. The van der Waals surface area contributed by atoms with Crippen LogP contribution >= 0.6 is 11.8 Å². The fraction of sp³-hybridized carbons (Fsp3) is 0.182. The van der Waals surface area contributed by atoms with Crippen molar-refractivity contribution < 1.29 is 9.47 Å². The van der Waals surface area contributed by atoms with Crippen molar-refractivity contribution in [1.82, 2.24) is 0 Å². The Labute approximate surface area is 170 Å². The van der Waals surface area contributed by atoms with Crippen LogP contribution in [0.15, 0.2) is 78.0 Å². The first-order valence-corrected chi connectivity index (χ1v) is 9.75. The highest BCUT2D eigenvalue weighted by molar-refractivity contribution is 8.13. The summed E-state index contributed by atoms with van der Waals surface area (Å²) in [7, 11) is 1.60. The van der Waals surface area contributed by atoms with Gasteiger partial charge in [0, 0.05) is 11.3 Å². The number of hydrogen-bond donors (Lipinski definition) is 1. The van der Waals surface area contributed by atoms with Gasteiger partial charge in [0.15, 0.2) is 16.7 Å². The number of amidine groups is 1. The highest BCUT2D eigenvalue weighted by atomic mass is 32.2. The van der Waals surface area contributed by atoms with Gasteiger partial charge >= 0.3 is 0 Å². The minimum Gasteiger partial charge on any atom is -0.493 e. The second kappa shape index (κ2) is 11.7. The first kappa shape index (κ1) is 21.3. The van der Waals surface area contributed by atoms with Gasteiger partial charge in [0.2, 0.25) is 0 Å². The monoisotopic (exact) mass is 395 g/mol. The fourth-order valence-corrected chi connectivity index (χ4v) is 3.05. The van der Waals surface area contributed by atoms with E-state index in [-0.39, 0.29) is 0 Å². The molecule has 0 aliphatic carbocycles. The SMILES string of the molecule is C=CCOc1c(CC=C)cc(C=NN=C(N)SCc2ccccc2)cc1OC. The van der Waals surface area contributed by atoms with Gasteiger partial charge in [-0.2, -0.15) is 5.10 Å². The van der Waals surface area contributed by atoms with Crippen molar-refractivity contribution in [2.75, 3.05) is 13.7 Å². The molecule has 146 valence electrons. The molecule has 2 aromatic carbocycles. The third kappa shape index (κ3) is 6.63. The van der Waals surface area contributed by atoms with Crippen molar-refractivity contribution in [3.8, 4) is 11.5 Å². The molecule has 0 aliphatic rings. The summed E-state index contributed by atoms with van der Waals surface area (Å²) in [6, 6.07) is 13.9. The van der Waals surface area contributed by atoms with E-state index in [1.807, 2.05) is 48.5 Å². The standard InChI is InChI=1S/C22H25N3O2S/c1-4-9-19-13-18(14-20(26-3)21(19)27-12-5-2)15-24-25-22(23)28-16-17-10-7-6-8-11-17/h4-8,10-11,13-15H,1-2,9,12,16H2,3H3,(H2,23,25). The normalized spacial score (nSPS) is 11.4. The average molecular weight is 396 g/mol. The fourth-order valence-electron chi connectivity index (χ4n) is 2.44. The van der Waals surface area contributed by atoms with Crippen molar-refractivity contribution in [3.05, 3.63) is 84.5 Å². The summed E-state index contributed by atoms with van der Waals surface area (Å²) < 4.78 is 11.2. The van der Waals surface area contributed by atoms with Crippen molar-refractivity contribution in [1.29, 1.82) is 0 Å². The van der Waals surface area contributed by atoms with Gasteiger partial charge in [0.05, 0.1) is 13.3 Å². The van der Waals surface area contributed by atoms with Gasteiger partial charge in [-0.3, -0.25) is 0 Å². The van der Waals surface area contributed by atoms with Crippen LogP contribution in [0.25, 0.3) is 0 Å². The van der Waals surface area contributed by atoms with Gasteiger partial charge in [-0.15, -0.1) is 11.7 Å². The van der Waals surface area contributed by atoms with Gasteiger partial charge in [-0.25, -0.2) is 0 Å². The maximum Gasteiger partial charge on any atom is 0.180 e. The van der Waals surface area contributed by atoms with Crippen molar-refractivity contribution in [2.45, 2.75) is 12.2 Å². The Morgan fingerprint density at radius 3 is 2.64 bits per heavy atom. The summed E-state index contributed by atoms with van der Waals surface area (Å²) in [4.78, 5) is 0. The van der Waals surface area contributed by atoms with E-state index in [0.29, 0.717) is 29.7 Å². The zero-order chi connectivity index (χ0) is 20.2. The summed E-state index contributed by atoms with van der Waals surface area (Å²) in [6.45, 7) is 7.88. The molecule has 0 radical (unpaired) electrons. The highest BCUT2D eigenvalue weighted by Crippen LogP contribution is 2.33. The molecule has 0 bridgehead atoms. The Morgan fingerprint density at radius 1 is 1.18 bits per heavy atom. The van der Waals surface area contributed by atoms with E-state index < -0.39 is 0 Å². The molecule has 0 saturated heterocycles. The first-order chi connectivity index (χ1) is 13.7. The lowest BCUT2D eigenvalue weighted by Crippen LogP contribution is -2.06. The van der Waals surface area contributed by atoms with Crippen LogP contribution in [0.5, 0.6) is 11.5 Å². The number of thioether (sulfide) groups is 1. The largest absolute Gasteiger partial charge is 0.493 e. The highest BCUT2D eigenvalue weighted by Gasteiger charge is 2.11. The number of methoxy groups -OCH3 is 1. The lowest BCUT2D eigenvalue weighted by atomic mass is 10.1. The summed E-state index contributed by atoms with van der Waals surface area (Å²) in [5.41, 5.74) is 8.90. The minimum absolute atomic E-state index is 0.396. The molecular formula is C22H25N3O2S. The smallest absolute Gasteiger partial charge is 0.180 e. The topological polar surface area (TPSA) is 69.2 Å². The minimum atomic E-state index is 0.396. The van der Waals surface area contributed by atoms with Crippen LogP contribution in [0.2, 0.25) is 0 Å². The number of nitrogens with zero attached hydrogens (tertiary/aromatic N) is 2. The van der Waals surface area contributed by atoms with E-state index in [1.54, 1.807) is 19.4 Å². The van der Waals surface area contributed by atoms with Crippen LogP contribution in [-0.4, -0.2) is 25.1 Å². The van der Waals surface area contributed by atoms with Crippen LogP contribution < -0.4 is 15.2 Å². The first-order valence-electron chi connectivity index (χ1n) is 8.76. The maximum absolute atomic E-state index is 5.93. The molecule has 2 aromatic rings. The molecule has 0 spiro atoms. The Balaban J connectivity index is 2.11. The molecule has 2 N–H and O–H groups in total. The van der Waals surface area contributed by atoms with E-state index in [0.717, 1.165) is 16.9 Å². The lowest BCUT2D eigenvalue weighted by molar-refractivity contribution is 0.323.